The van der Waals surface area contributed by atoms with E-state index in [-0.39, 0.29) is 18.0 Å². The number of aromatic nitrogens is 4. The molecular weight excluding hydrogens is 330 g/mol. The van der Waals surface area contributed by atoms with Crippen LogP contribution in [0.3, 0.4) is 0 Å². The van der Waals surface area contributed by atoms with Crippen LogP contribution in [0.5, 0.6) is 0 Å². The molecule has 0 aliphatic heterocycles. The second-order valence-electron chi connectivity index (χ2n) is 5.77. The number of pyridine rings is 2. The maximum absolute atomic E-state index is 13.1. The van der Waals surface area contributed by atoms with Crippen molar-refractivity contribution < 1.29 is 0 Å². The Morgan fingerprint density at radius 3 is 2.42 bits per heavy atom. The van der Waals surface area contributed by atoms with Gasteiger partial charge in [0, 0.05) is 6.20 Å². The normalized spacial score (nSPS) is 10.9. The third-order valence-electron chi connectivity index (χ3n) is 4.07. The minimum atomic E-state index is -0.488. The Kier molecular flexibility index (Phi) is 3.81. The monoisotopic (exact) mass is 345 g/mol. The molecule has 3 aromatic heterocycles. The van der Waals surface area contributed by atoms with E-state index < -0.39 is 11.2 Å². The van der Waals surface area contributed by atoms with Gasteiger partial charge in [-0.3, -0.25) is 14.3 Å². The molecule has 4 rings (SSSR count). The van der Waals surface area contributed by atoms with Gasteiger partial charge in [0.1, 0.15) is 5.82 Å². The summed E-state index contributed by atoms with van der Waals surface area (Å²) in [6, 6.07) is 17.5. The number of nitrogens with two attached hydrogens (primary N) is 1. The number of fused-ring (bicyclic) bond motifs is 1. The molecule has 4 aromatic rings. The van der Waals surface area contributed by atoms with Crippen molar-refractivity contribution in [1.82, 2.24) is 19.1 Å². The molecule has 0 aliphatic rings. The molecule has 0 radical (unpaired) electrons. The van der Waals surface area contributed by atoms with Crippen molar-refractivity contribution in [2.45, 2.75) is 6.54 Å². The Hall–Kier alpha value is -3.74. The summed E-state index contributed by atoms with van der Waals surface area (Å²) < 4.78 is 2.56. The first-order valence-corrected chi connectivity index (χ1v) is 8.02. The molecule has 0 spiro atoms. The Labute approximate surface area is 148 Å². The molecule has 7 nitrogen and oxygen atoms in total. The number of para-hydroxylation sites is 1. The van der Waals surface area contributed by atoms with Crippen LogP contribution in [0.15, 0.2) is 76.4 Å². The summed E-state index contributed by atoms with van der Waals surface area (Å²) >= 11 is 0. The van der Waals surface area contributed by atoms with Crippen LogP contribution < -0.4 is 17.0 Å². The van der Waals surface area contributed by atoms with Crippen LogP contribution >= 0.6 is 0 Å². The average Bonchev–Trinajstić information content (AvgIpc) is 2.67. The highest BCUT2D eigenvalue weighted by molar-refractivity contribution is 5.77. The minimum absolute atomic E-state index is 0.0751. The molecule has 0 atom stereocenters. The lowest BCUT2D eigenvalue weighted by molar-refractivity contribution is 0.671. The van der Waals surface area contributed by atoms with Crippen LogP contribution in [0, 0.1) is 0 Å². The van der Waals surface area contributed by atoms with Crippen molar-refractivity contribution in [3.8, 4) is 5.69 Å². The lowest BCUT2D eigenvalue weighted by Gasteiger charge is -2.13. The summed E-state index contributed by atoms with van der Waals surface area (Å²) in [5.74, 6) is 0.239. The van der Waals surface area contributed by atoms with Crippen molar-refractivity contribution in [3.63, 3.8) is 0 Å². The van der Waals surface area contributed by atoms with Crippen LogP contribution in [0.25, 0.3) is 16.7 Å². The van der Waals surface area contributed by atoms with Crippen molar-refractivity contribution in [3.05, 3.63) is 93.4 Å². The molecule has 3 heterocycles. The highest BCUT2D eigenvalue weighted by Gasteiger charge is 2.16. The van der Waals surface area contributed by atoms with Gasteiger partial charge in [-0.2, -0.15) is 0 Å². The number of benzene rings is 1. The largest absolute Gasteiger partial charge is 0.384 e. The van der Waals surface area contributed by atoms with E-state index in [4.69, 9.17) is 5.73 Å². The first-order chi connectivity index (χ1) is 12.6. The number of nitrogen functional groups attached to an aromatic ring is 1. The van der Waals surface area contributed by atoms with Gasteiger partial charge in [0.2, 0.25) is 0 Å². The average molecular weight is 345 g/mol. The first kappa shape index (κ1) is 15.8. The van der Waals surface area contributed by atoms with E-state index in [2.05, 4.69) is 9.97 Å². The van der Waals surface area contributed by atoms with Crippen LogP contribution in [-0.2, 0) is 6.54 Å². The van der Waals surface area contributed by atoms with Crippen LogP contribution in [0.1, 0.15) is 5.69 Å². The smallest absolute Gasteiger partial charge is 0.337 e. The van der Waals surface area contributed by atoms with E-state index in [1.54, 1.807) is 42.6 Å². The second-order valence-corrected chi connectivity index (χ2v) is 5.77. The van der Waals surface area contributed by atoms with Gasteiger partial charge in [-0.15, -0.1) is 0 Å². The summed E-state index contributed by atoms with van der Waals surface area (Å²) in [4.78, 5) is 34.5. The highest BCUT2D eigenvalue weighted by Crippen LogP contribution is 2.13. The Balaban J connectivity index is 2.07. The zero-order valence-corrected chi connectivity index (χ0v) is 13.7. The van der Waals surface area contributed by atoms with E-state index in [9.17, 15) is 9.59 Å². The summed E-state index contributed by atoms with van der Waals surface area (Å²) in [5.41, 5.74) is 6.34. The zero-order chi connectivity index (χ0) is 18.1. The van der Waals surface area contributed by atoms with E-state index in [0.717, 1.165) is 4.57 Å². The fourth-order valence-corrected chi connectivity index (χ4v) is 2.85. The zero-order valence-electron chi connectivity index (χ0n) is 13.7. The Morgan fingerprint density at radius 2 is 1.69 bits per heavy atom. The topological polar surface area (TPSA) is 95.8 Å². The van der Waals surface area contributed by atoms with Crippen molar-refractivity contribution in [1.29, 1.82) is 0 Å². The molecule has 26 heavy (non-hydrogen) atoms. The summed E-state index contributed by atoms with van der Waals surface area (Å²) in [6.45, 7) is 0.0751. The fourth-order valence-electron chi connectivity index (χ4n) is 2.85. The Bertz CT molecular complexity index is 1200. The van der Waals surface area contributed by atoms with Gasteiger partial charge in [-0.1, -0.05) is 24.3 Å². The van der Waals surface area contributed by atoms with Gasteiger partial charge in [0.05, 0.1) is 23.3 Å². The minimum Gasteiger partial charge on any atom is -0.384 e. The number of hydrogen-bond acceptors (Lipinski definition) is 5. The highest BCUT2D eigenvalue weighted by atomic mass is 16.2. The Morgan fingerprint density at radius 1 is 0.923 bits per heavy atom. The van der Waals surface area contributed by atoms with E-state index in [1.807, 2.05) is 24.3 Å². The van der Waals surface area contributed by atoms with Crippen molar-refractivity contribution >= 4 is 16.9 Å². The number of rotatable bonds is 3. The molecule has 0 bridgehead atoms. The third kappa shape index (κ3) is 2.65. The number of hydrogen-bond donors (Lipinski definition) is 1. The van der Waals surface area contributed by atoms with E-state index in [1.165, 1.54) is 4.57 Å². The summed E-state index contributed by atoms with van der Waals surface area (Å²) in [5, 5.41) is 0.318. The number of nitrogens with zero attached hydrogens (tertiary/aromatic N) is 4. The number of anilines is 1. The molecule has 128 valence electrons. The standard InChI is InChI=1S/C19H15N5O2/c20-16-10-9-15-17(22-16)24(14-7-2-1-3-8-14)19(26)23(18(15)25)12-13-6-4-5-11-21-13/h1-11H,12H2,(H2,20,22). The molecule has 2 N–H and O–H groups in total. The fraction of sp³-hybridized carbons (Fsp3) is 0.0526. The first-order valence-electron chi connectivity index (χ1n) is 8.02. The van der Waals surface area contributed by atoms with Gasteiger partial charge >= 0.3 is 5.69 Å². The van der Waals surface area contributed by atoms with Gasteiger partial charge in [-0.05, 0) is 36.4 Å². The van der Waals surface area contributed by atoms with Gasteiger partial charge in [0.15, 0.2) is 5.65 Å². The van der Waals surface area contributed by atoms with Crippen molar-refractivity contribution in [2.75, 3.05) is 5.73 Å². The quantitative estimate of drug-likeness (QED) is 0.608. The van der Waals surface area contributed by atoms with Crippen LogP contribution in [0.4, 0.5) is 5.82 Å². The van der Waals surface area contributed by atoms with Crippen LogP contribution in [-0.4, -0.2) is 19.1 Å². The van der Waals surface area contributed by atoms with E-state index in [0.29, 0.717) is 16.8 Å². The van der Waals surface area contributed by atoms with Crippen LogP contribution in [0.2, 0.25) is 0 Å². The van der Waals surface area contributed by atoms with E-state index >= 15 is 0 Å². The molecule has 0 fully saturated rings. The molecular formula is C19H15N5O2. The predicted molar refractivity (Wildman–Crippen MR) is 99.4 cm³/mol. The lowest BCUT2D eigenvalue weighted by Crippen LogP contribution is -2.40. The molecule has 7 heteroatoms. The molecule has 0 aliphatic carbocycles. The molecule has 1 aromatic carbocycles. The summed E-state index contributed by atoms with van der Waals surface area (Å²) in [6.07, 6.45) is 1.62. The van der Waals surface area contributed by atoms with Crippen molar-refractivity contribution in [2.24, 2.45) is 0 Å². The molecule has 0 unspecified atom stereocenters. The third-order valence-corrected chi connectivity index (χ3v) is 4.07. The van der Waals surface area contributed by atoms with Gasteiger partial charge in [-0.25, -0.2) is 14.3 Å². The molecule has 0 amide bonds. The maximum atomic E-state index is 13.1. The SMILES string of the molecule is Nc1ccc2c(=O)n(Cc3ccccn3)c(=O)n(-c3ccccc3)c2n1. The maximum Gasteiger partial charge on any atom is 0.337 e. The molecule has 0 saturated carbocycles. The van der Waals surface area contributed by atoms with Gasteiger partial charge < -0.3 is 5.73 Å². The molecule has 0 saturated heterocycles. The second kappa shape index (κ2) is 6.29. The lowest BCUT2D eigenvalue weighted by atomic mass is 10.2. The summed E-state index contributed by atoms with van der Waals surface area (Å²) in [7, 11) is 0. The predicted octanol–water partition coefficient (Wildman–Crippen LogP) is 1.57. The van der Waals surface area contributed by atoms with Gasteiger partial charge in [0.25, 0.3) is 5.56 Å².